The lowest BCUT2D eigenvalue weighted by molar-refractivity contribution is 0.498. The first-order valence-electron chi connectivity index (χ1n) is 10.6. The summed E-state index contributed by atoms with van der Waals surface area (Å²) in [6.45, 7) is 11.5. The molecular formula is C25H28BrF2N3O3S. The zero-order chi connectivity index (χ0) is 26.3. The molecule has 3 rings (SSSR count). The van der Waals surface area contributed by atoms with E-state index in [1.54, 1.807) is 26.0 Å². The number of halogens is 3. The minimum Gasteiger partial charge on any atom is -0.386 e. The van der Waals surface area contributed by atoms with Crippen LogP contribution in [0.15, 0.2) is 56.8 Å². The van der Waals surface area contributed by atoms with Crippen molar-refractivity contribution in [2.24, 2.45) is 0 Å². The Kier molecular flexibility index (Phi) is 10.3. The summed E-state index contributed by atoms with van der Waals surface area (Å²) in [6.07, 6.45) is 0.691. The number of aromatic amines is 1. The topological polar surface area (TPSA) is 88.0 Å². The maximum atomic E-state index is 14.8. The fourth-order valence-electron chi connectivity index (χ4n) is 3.40. The molecule has 0 aliphatic rings. The van der Waals surface area contributed by atoms with Crippen molar-refractivity contribution in [3.63, 3.8) is 0 Å². The summed E-state index contributed by atoms with van der Waals surface area (Å²) in [5, 5.41) is 6.80. The second-order valence-electron chi connectivity index (χ2n) is 7.82. The minimum atomic E-state index is -1.71. The number of nitrogens with one attached hydrogen (secondary N) is 2. The third-order valence-electron chi connectivity index (χ3n) is 5.19. The van der Waals surface area contributed by atoms with Gasteiger partial charge in [0.1, 0.15) is 11.5 Å². The Morgan fingerprint density at radius 3 is 2.43 bits per heavy atom. The van der Waals surface area contributed by atoms with Crippen LogP contribution in [0.2, 0.25) is 0 Å². The molecule has 0 radical (unpaired) electrons. The maximum Gasteiger partial charge on any atom is 0.434 e. The second kappa shape index (κ2) is 12.7. The second-order valence-corrected chi connectivity index (χ2v) is 9.79. The van der Waals surface area contributed by atoms with E-state index in [-0.39, 0.29) is 17.4 Å². The number of nitrogens with zero attached hydrogens (tertiary/aromatic N) is 1. The summed E-state index contributed by atoms with van der Waals surface area (Å²) >= 11 is 3.44. The Morgan fingerprint density at radius 2 is 1.86 bits per heavy atom. The number of hydrogen-bond donors (Lipinski definition) is 2. The highest BCUT2D eigenvalue weighted by atomic mass is 79.9. The van der Waals surface area contributed by atoms with Crippen LogP contribution in [0.1, 0.15) is 47.6 Å². The van der Waals surface area contributed by atoms with Crippen molar-refractivity contribution in [2.75, 3.05) is 5.33 Å². The van der Waals surface area contributed by atoms with Crippen LogP contribution in [0.3, 0.4) is 0 Å². The Morgan fingerprint density at radius 1 is 1.20 bits per heavy atom. The van der Waals surface area contributed by atoms with Crippen molar-refractivity contribution in [1.29, 1.82) is 0 Å². The molecule has 3 aromatic rings. The van der Waals surface area contributed by atoms with Gasteiger partial charge in [-0.2, -0.15) is 0 Å². The number of allylic oxidation sites excluding steroid dienone is 2. The monoisotopic (exact) mass is 567 g/mol. The van der Waals surface area contributed by atoms with Crippen LogP contribution in [-0.4, -0.2) is 19.7 Å². The average Bonchev–Trinajstić information content (AvgIpc) is 3.21. The molecule has 1 heterocycles. The van der Waals surface area contributed by atoms with Gasteiger partial charge in [-0.3, -0.25) is 4.72 Å². The predicted octanol–water partition coefficient (Wildman–Crippen LogP) is 6.05. The lowest BCUT2D eigenvalue weighted by Crippen LogP contribution is -2.19. The molecule has 0 saturated carbocycles. The fraction of sp³-hybridized carbons (Fsp3) is 0.280. The standard InChI is InChI=1S/C22H23BrFN3O3S.C3H5F/c1-12-8-9-17(24)19(14(12)3)15(4)20(21-25-26-22(28)30-21)27-31(29)18-7-5-6-13(2)16(18)10-11-23;1-3(2)4/h5-9,27H,10-11H2,1-4H3,(H,26,28);1H2,2H3/b20-15+;. The van der Waals surface area contributed by atoms with Gasteiger partial charge in [0.2, 0.25) is 0 Å². The molecule has 0 bridgehead atoms. The number of hydrogen-bond acceptors (Lipinski definition) is 4. The van der Waals surface area contributed by atoms with Crippen LogP contribution in [0.5, 0.6) is 0 Å². The molecular weight excluding hydrogens is 540 g/mol. The van der Waals surface area contributed by atoms with Crippen LogP contribution in [0, 0.1) is 26.6 Å². The number of alkyl halides is 1. The molecule has 1 unspecified atom stereocenters. The van der Waals surface area contributed by atoms with Gasteiger partial charge < -0.3 is 4.42 Å². The molecule has 10 heteroatoms. The smallest absolute Gasteiger partial charge is 0.386 e. The van der Waals surface area contributed by atoms with Gasteiger partial charge in [0.25, 0.3) is 5.89 Å². The lowest BCUT2D eigenvalue weighted by atomic mass is 9.96. The van der Waals surface area contributed by atoms with E-state index in [1.807, 2.05) is 26.0 Å². The van der Waals surface area contributed by atoms with E-state index in [9.17, 15) is 17.8 Å². The molecule has 0 saturated heterocycles. The number of benzene rings is 2. The third kappa shape index (κ3) is 7.32. The molecule has 35 heavy (non-hydrogen) atoms. The zero-order valence-corrected chi connectivity index (χ0v) is 22.6. The molecule has 2 N–H and O–H groups in total. The molecule has 2 aromatic carbocycles. The number of H-pyrrole nitrogens is 1. The third-order valence-corrected chi connectivity index (χ3v) is 6.76. The Balaban J connectivity index is 0.00000100. The van der Waals surface area contributed by atoms with Crippen molar-refractivity contribution in [1.82, 2.24) is 14.9 Å². The van der Waals surface area contributed by atoms with E-state index >= 15 is 0 Å². The Labute approximate surface area is 214 Å². The minimum absolute atomic E-state index is 0.0918. The van der Waals surface area contributed by atoms with Gasteiger partial charge in [-0.1, -0.05) is 40.7 Å². The van der Waals surface area contributed by atoms with Crippen molar-refractivity contribution in [3.8, 4) is 0 Å². The van der Waals surface area contributed by atoms with Gasteiger partial charge in [-0.15, -0.1) is 5.10 Å². The van der Waals surface area contributed by atoms with Crippen LogP contribution in [0.4, 0.5) is 8.78 Å². The van der Waals surface area contributed by atoms with Crippen molar-refractivity contribution >= 4 is 38.2 Å². The van der Waals surface area contributed by atoms with E-state index in [4.69, 9.17) is 4.42 Å². The van der Waals surface area contributed by atoms with E-state index < -0.39 is 22.6 Å². The first-order valence-corrected chi connectivity index (χ1v) is 12.9. The molecule has 0 amide bonds. The molecule has 0 aliphatic heterocycles. The first-order chi connectivity index (χ1) is 16.5. The highest BCUT2D eigenvalue weighted by Crippen LogP contribution is 2.30. The molecule has 1 aromatic heterocycles. The fourth-order valence-corrected chi connectivity index (χ4v) is 5.02. The van der Waals surface area contributed by atoms with Gasteiger partial charge in [0, 0.05) is 10.9 Å². The number of aryl methyl sites for hydroxylation is 2. The number of aromatic nitrogens is 2. The van der Waals surface area contributed by atoms with Crippen molar-refractivity contribution < 1.29 is 17.4 Å². The molecule has 1 atom stereocenters. The molecule has 188 valence electrons. The largest absolute Gasteiger partial charge is 0.434 e. The molecule has 0 aliphatic carbocycles. The van der Waals surface area contributed by atoms with E-state index in [0.717, 1.165) is 22.3 Å². The Hall–Kier alpha value is -2.85. The molecule has 6 nitrogen and oxygen atoms in total. The van der Waals surface area contributed by atoms with Crippen LogP contribution in [0.25, 0.3) is 11.3 Å². The van der Waals surface area contributed by atoms with Crippen LogP contribution < -0.4 is 10.5 Å². The highest BCUT2D eigenvalue weighted by molar-refractivity contribution is 9.09. The summed E-state index contributed by atoms with van der Waals surface area (Å²) in [4.78, 5) is 12.2. The maximum absolute atomic E-state index is 14.8. The summed E-state index contributed by atoms with van der Waals surface area (Å²) in [6, 6.07) is 8.64. The van der Waals surface area contributed by atoms with Gasteiger partial charge in [-0.05, 0) is 81.0 Å². The lowest BCUT2D eigenvalue weighted by Gasteiger charge is -2.17. The van der Waals surface area contributed by atoms with Gasteiger partial charge in [0.15, 0.2) is 11.0 Å². The van der Waals surface area contributed by atoms with Gasteiger partial charge in [0.05, 0.1) is 10.7 Å². The van der Waals surface area contributed by atoms with E-state index in [2.05, 4.69) is 37.4 Å². The number of rotatable bonds is 7. The van der Waals surface area contributed by atoms with Crippen LogP contribution in [-0.2, 0) is 17.4 Å². The Bertz CT molecular complexity index is 1330. The van der Waals surface area contributed by atoms with Gasteiger partial charge in [-0.25, -0.2) is 22.9 Å². The summed E-state index contributed by atoms with van der Waals surface area (Å²) in [7, 11) is -1.71. The van der Waals surface area contributed by atoms with E-state index in [1.165, 1.54) is 13.0 Å². The average molecular weight is 568 g/mol. The van der Waals surface area contributed by atoms with Crippen molar-refractivity contribution in [2.45, 2.75) is 45.9 Å². The summed E-state index contributed by atoms with van der Waals surface area (Å²) in [5.41, 5.74) is 4.54. The normalized spacial score (nSPS) is 12.3. The van der Waals surface area contributed by atoms with Crippen molar-refractivity contribution in [3.05, 3.63) is 92.8 Å². The predicted molar refractivity (Wildman–Crippen MR) is 140 cm³/mol. The highest BCUT2D eigenvalue weighted by Gasteiger charge is 2.22. The van der Waals surface area contributed by atoms with Crippen LogP contribution >= 0.6 is 15.9 Å². The summed E-state index contributed by atoms with van der Waals surface area (Å²) in [5.74, 6) is -1.62. The molecule has 0 spiro atoms. The SMILES string of the molecule is C/C(=C(\NS(=O)c1cccc(C)c1CCBr)c1n[nH]c(=O)o1)c1c(F)ccc(C)c1C.C=C(C)F. The van der Waals surface area contributed by atoms with Gasteiger partial charge >= 0.3 is 5.76 Å². The zero-order valence-electron chi connectivity index (χ0n) is 20.2. The quantitative estimate of drug-likeness (QED) is 0.340. The van der Waals surface area contributed by atoms with E-state index in [0.29, 0.717) is 27.8 Å². The summed E-state index contributed by atoms with van der Waals surface area (Å²) < 4.78 is 47.0. The first kappa shape index (κ1) is 28.4. The molecule has 0 fully saturated rings.